The van der Waals surface area contributed by atoms with Crippen LogP contribution >= 0.6 is 0 Å². The predicted molar refractivity (Wildman–Crippen MR) is 165 cm³/mol. The van der Waals surface area contributed by atoms with E-state index in [2.05, 4.69) is 20.8 Å². The minimum Gasteiger partial charge on any atom is -0.508 e. The Morgan fingerprint density at radius 2 is 1.80 bits per heavy atom. The first-order chi connectivity index (χ1) is 20.6. The molecule has 1 aliphatic heterocycles. The third-order valence-electron chi connectivity index (χ3n) is 13.7. The zero-order valence-electron chi connectivity index (χ0n) is 26.9. The average molecular weight is 613 g/mol. The van der Waals surface area contributed by atoms with E-state index in [-0.39, 0.29) is 54.3 Å². The maximum Gasteiger partial charge on any atom is 0.164 e. The molecule has 0 aromatic heterocycles. The molecule has 4 fully saturated rings. The summed E-state index contributed by atoms with van der Waals surface area (Å²) in [7, 11) is 0. The molecule has 12 atom stereocenters. The largest absolute Gasteiger partial charge is 0.508 e. The number of allylic oxidation sites excluding steroid dienone is 1. The molecule has 1 aromatic rings. The van der Waals surface area contributed by atoms with Crippen LogP contribution in [0.4, 0.5) is 0 Å². The highest BCUT2D eigenvalue weighted by atomic mass is 16.6. The Bertz CT molecular complexity index is 1320. The summed E-state index contributed by atoms with van der Waals surface area (Å²) in [5.74, 6) is -0.0419. The van der Waals surface area contributed by atoms with Gasteiger partial charge in [-0.3, -0.25) is 4.79 Å². The van der Waals surface area contributed by atoms with Crippen LogP contribution in [0.25, 0.3) is 0 Å². The number of aryl methyl sites for hydroxylation is 1. The number of ketones is 1. The van der Waals surface area contributed by atoms with Gasteiger partial charge >= 0.3 is 0 Å². The molecule has 0 unspecified atom stereocenters. The van der Waals surface area contributed by atoms with Gasteiger partial charge in [0, 0.05) is 5.41 Å². The molecule has 8 heteroatoms. The molecule has 1 aromatic carbocycles. The lowest BCUT2D eigenvalue weighted by atomic mass is 9.40. The van der Waals surface area contributed by atoms with Crippen molar-refractivity contribution in [2.45, 2.75) is 122 Å². The van der Waals surface area contributed by atoms with E-state index in [1.807, 2.05) is 26.0 Å². The van der Waals surface area contributed by atoms with Crippen LogP contribution in [-0.2, 0) is 16.0 Å². The lowest BCUT2D eigenvalue weighted by molar-refractivity contribution is -0.195. The van der Waals surface area contributed by atoms with Gasteiger partial charge in [0.15, 0.2) is 5.78 Å². The zero-order valence-corrected chi connectivity index (χ0v) is 26.9. The fourth-order valence-electron chi connectivity index (χ4n) is 10.7. The van der Waals surface area contributed by atoms with Gasteiger partial charge in [0.1, 0.15) is 11.9 Å². The van der Waals surface area contributed by atoms with Crippen LogP contribution in [0.3, 0.4) is 0 Å². The first-order valence-electron chi connectivity index (χ1n) is 16.7. The van der Waals surface area contributed by atoms with E-state index >= 15 is 0 Å². The van der Waals surface area contributed by atoms with Crippen molar-refractivity contribution in [2.75, 3.05) is 6.61 Å². The molecule has 1 saturated heterocycles. The first-order valence-corrected chi connectivity index (χ1v) is 16.7. The number of carbonyl (C=O) groups is 1. The highest BCUT2D eigenvalue weighted by molar-refractivity contribution is 5.98. The Kier molecular flexibility index (Phi) is 7.75. The van der Waals surface area contributed by atoms with Crippen molar-refractivity contribution in [1.29, 1.82) is 0 Å². The number of aliphatic hydroxyl groups excluding tert-OH is 3. The summed E-state index contributed by atoms with van der Waals surface area (Å²) in [6.07, 6.45) is 2.43. The van der Waals surface area contributed by atoms with Crippen molar-refractivity contribution in [3.63, 3.8) is 0 Å². The molecule has 44 heavy (non-hydrogen) atoms. The van der Waals surface area contributed by atoms with Crippen molar-refractivity contribution in [2.24, 2.45) is 39.9 Å². The molecular weight excluding hydrogens is 560 g/mol. The number of phenols is 1. The van der Waals surface area contributed by atoms with Gasteiger partial charge in [0.25, 0.3) is 0 Å². The summed E-state index contributed by atoms with van der Waals surface area (Å²) in [6, 6.07) is 7.14. The van der Waals surface area contributed by atoms with Gasteiger partial charge in [0.05, 0.1) is 41.5 Å². The molecule has 0 spiro atoms. The highest BCUT2D eigenvalue weighted by Crippen LogP contribution is 2.72. The van der Waals surface area contributed by atoms with E-state index in [9.17, 15) is 35.4 Å². The number of aliphatic hydroxyl groups is 5. The third-order valence-corrected chi connectivity index (χ3v) is 13.7. The number of ether oxygens (including phenoxy) is 1. The van der Waals surface area contributed by atoms with Crippen LogP contribution in [0.2, 0.25) is 0 Å². The number of benzene rings is 1. The molecule has 0 bridgehead atoms. The van der Waals surface area contributed by atoms with Crippen molar-refractivity contribution >= 4 is 5.78 Å². The second kappa shape index (κ2) is 10.6. The standard InChI is InChI=1S/C36H52O8/c1-20(2)21(3)30-31(44-30)33(5,42)28-11-14-36(43)25-16-29(41)35(19-37)18-27(40)26(39)17-32(35,4)24(25)10-13-34(28,36)12-9-22-7-6-8-23(38)15-22/h6-8,15-16,20-21,24,26-28,30-31,37-40,42-43H,9-14,17-19H2,1-5H3/t21-,24+,26+,27-,28-,30+,31-,32-,33-,34-,35-,36-/m1/s1. The van der Waals surface area contributed by atoms with Crippen molar-refractivity contribution in [1.82, 2.24) is 0 Å². The Morgan fingerprint density at radius 3 is 2.45 bits per heavy atom. The Labute approximate surface area is 261 Å². The number of phenolic OH excluding ortho intramolecular Hbond substituents is 1. The smallest absolute Gasteiger partial charge is 0.164 e. The molecule has 1 heterocycles. The van der Waals surface area contributed by atoms with Crippen molar-refractivity contribution < 1.29 is 40.2 Å². The summed E-state index contributed by atoms with van der Waals surface area (Å²) in [4.78, 5) is 14.1. The fraction of sp³-hybridized carbons (Fsp3) is 0.750. The quantitative estimate of drug-likeness (QED) is 0.243. The second-order valence-electron chi connectivity index (χ2n) is 15.9. The minimum absolute atomic E-state index is 0.0207. The van der Waals surface area contributed by atoms with Crippen LogP contribution in [0.15, 0.2) is 35.9 Å². The lowest BCUT2D eigenvalue weighted by Gasteiger charge is -2.64. The number of hydrogen-bond acceptors (Lipinski definition) is 8. The van der Waals surface area contributed by atoms with E-state index in [1.165, 1.54) is 0 Å². The van der Waals surface area contributed by atoms with Gasteiger partial charge in [-0.1, -0.05) is 39.8 Å². The van der Waals surface area contributed by atoms with E-state index in [0.29, 0.717) is 50.0 Å². The van der Waals surface area contributed by atoms with Crippen LogP contribution in [0.1, 0.15) is 85.1 Å². The summed E-state index contributed by atoms with van der Waals surface area (Å²) >= 11 is 0. The van der Waals surface area contributed by atoms with Crippen molar-refractivity contribution in [3.05, 3.63) is 41.5 Å². The van der Waals surface area contributed by atoms with Gasteiger partial charge in [-0.2, -0.15) is 0 Å². The maximum absolute atomic E-state index is 14.1. The predicted octanol–water partition coefficient (Wildman–Crippen LogP) is 3.68. The topological polar surface area (TPSA) is 151 Å². The number of hydrogen-bond donors (Lipinski definition) is 6. The number of fused-ring (bicyclic) bond motifs is 5. The van der Waals surface area contributed by atoms with Gasteiger partial charge in [-0.05, 0) is 117 Å². The molecule has 6 N–H and O–H groups in total. The molecule has 6 rings (SSSR count). The minimum atomic E-state index is -1.39. The van der Waals surface area contributed by atoms with Crippen LogP contribution < -0.4 is 0 Å². The number of rotatable bonds is 8. The zero-order chi connectivity index (χ0) is 32.0. The van der Waals surface area contributed by atoms with Crippen LogP contribution in [-0.4, -0.2) is 78.6 Å². The third kappa shape index (κ3) is 4.34. The molecule has 0 amide bonds. The normalized spacial score (nSPS) is 45.2. The molecule has 244 valence electrons. The van der Waals surface area contributed by atoms with E-state index in [0.717, 1.165) is 5.56 Å². The lowest BCUT2D eigenvalue weighted by Crippen LogP contribution is -2.67. The SMILES string of the molecule is CC(C)[C@@H](C)[C@@H]1O[C@H]1[C@](C)(O)[C@H]1CC[C@@]2(O)C3=CC(=O)[C@]4(CO)C[C@@H](O)[C@@H](O)C[C@]4(C)[C@H]3CC[C@]12CCc1cccc(O)c1. The van der Waals surface area contributed by atoms with Gasteiger partial charge in [-0.15, -0.1) is 0 Å². The average Bonchev–Trinajstić information content (AvgIpc) is 3.71. The Balaban J connectivity index is 1.43. The van der Waals surface area contributed by atoms with Crippen LogP contribution in [0, 0.1) is 39.9 Å². The van der Waals surface area contributed by atoms with Gasteiger partial charge in [0.2, 0.25) is 0 Å². The molecule has 4 aliphatic carbocycles. The number of carbonyl (C=O) groups excluding carboxylic acids is 1. The van der Waals surface area contributed by atoms with Crippen LogP contribution in [0.5, 0.6) is 5.75 Å². The van der Waals surface area contributed by atoms with E-state index < -0.39 is 46.3 Å². The maximum atomic E-state index is 14.1. The summed E-state index contributed by atoms with van der Waals surface area (Å²) in [5, 5.41) is 67.8. The molecule has 5 aliphatic rings. The summed E-state index contributed by atoms with van der Waals surface area (Å²) in [5.41, 5.74) is -3.88. The van der Waals surface area contributed by atoms with Gasteiger partial charge < -0.3 is 35.4 Å². The van der Waals surface area contributed by atoms with Gasteiger partial charge in [-0.25, -0.2) is 0 Å². The highest BCUT2D eigenvalue weighted by Gasteiger charge is 2.74. The Hall–Kier alpha value is -1.81. The molecular formula is C36H52O8. The summed E-state index contributed by atoms with van der Waals surface area (Å²) < 4.78 is 6.20. The fourth-order valence-corrected chi connectivity index (χ4v) is 10.7. The molecule has 8 nitrogen and oxygen atoms in total. The number of aromatic hydroxyl groups is 1. The summed E-state index contributed by atoms with van der Waals surface area (Å²) in [6.45, 7) is 9.84. The molecule has 0 radical (unpaired) electrons. The van der Waals surface area contributed by atoms with E-state index in [1.54, 1.807) is 18.2 Å². The molecule has 3 saturated carbocycles. The second-order valence-corrected chi connectivity index (χ2v) is 15.9. The monoisotopic (exact) mass is 612 g/mol. The number of epoxide rings is 1. The Morgan fingerprint density at radius 1 is 1.09 bits per heavy atom. The van der Waals surface area contributed by atoms with Crippen molar-refractivity contribution in [3.8, 4) is 5.75 Å². The first kappa shape index (κ1) is 32.1. The van der Waals surface area contributed by atoms with E-state index in [4.69, 9.17) is 4.74 Å².